The Labute approximate surface area is 151 Å². The summed E-state index contributed by atoms with van der Waals surface area (Å²) in [7, 11) is 0. The molecule has 0 atom stereocenters. The molecule has 0 spiro atoms. The Kier molecular flexibility index (Phi) is 4.90. The molecule has 1 N–H and O–H groups in total. The summed E-state index contributed by atoms with van der Waals surface area (Å²) in [6.07, 6.45) is -1.95. The minimum Gasteiger partial charge on any atom is -0.321 e. The van der Waals surface area contributed by atoms with Crippen LogP contribution in [0, 0.1) is 0 Å². The molecule has 0 fully saturated rings. The van der Waals surface area contributed by atoms with Gasteiger partial charge in [-0.3, -0.25) is 9.78 Å². The van der Waals surface area contributed by atoms with Crippen molar-refractivity contribution in [1.82, 2.24) is 9.97 Å². The van der Waals surface area contributed by atoms with Crippen molar-refractivity contribution in [2.45, 2.75) is 6.18 Å². The van der Waals surface area contributed by atoms with E-state index >= 15 is 0 Å². The summed E-state index contributed by atoms with van der Waals surface area (Å²) in [5.41, 5.74) is 0.809. The van der Waals surface area contributed by atoms with Gasteiger partial charge in [-0.2, -0.15) is 13.2 Å². The van der Waals surface area contributed by atoms with Crippen LogP contribution in [0.25, 0.3) is 11.3 Å². The van der Waals surface area contributed by atoms with E-state index in [1.165, 1.54) is 0 Å². The van der Waals surface area contributed by atoms with Gasteiger partial charge in [0.25, 0.3) is 5.91 Å². The van der Waals surface area contributed by atoms with Crippen LogP contribution in [0.1, 0.15) is 16.1 Å². The number of hydrogen-bond acceptors (Lipinski definition) is 3. The third kappa shape index (κ3) is 4.00. The molecule has 0 saturated carbocycles. The van der Waals surface area contributed by atoms with E-state index in [-0.39, 0.29) is 5.69 Å². The molecule has 132 valence electrons. The average Bonchev–Trinajstić information content (AvgIpc) is 2.62. The van der Waals surface area contributed by atoms with E-state index in [1.54, 1.807) is 42.6 Å². The largest absolute Gasteiger partial charge is 0.433 e. The third-order valence-electron chi connectivity index (χ3n) is 3.49. The Bertz CT molecular complexity index is 926. The topological polar surface area (TPSA) is 54.9 Å². The molecule has 0 bridgehead atoms. The molecule has 8 heteroatoms. The molecule has 1 amide bonds. The van der Waals surface area contributed by atoms with Gasteiger partial charge >= 0.3 is 6.18 Å². The zero-order valence-electron chi connectivity index (χ0n) is 13.1. The number of nitrogens with zero attached hydrogens (tertiary/aromatic N) is 2. The van der Waals surface area contributed by atoms with Crippen molar-refractivity contribution in [3.05, 3.63) is 77.2 Å². The van der Waals surface area contributed by atoms with Crippen molar-refractivity contribution in [2.75, 3.05) is 5.32 Å². The zero-order chi connectivity index (χ0) is 18.7. The molecule has 2 aromatic heterocycles. The van der Waals surface area contributed by atoms with Gasteiger partial charge in [-0.1, -0.05) is 23.7 Å². The number of amides is 1. The Morgan fingerprint density at radius 1 is 1.00 bits per heavy atom. The maximum atomic E-state index is 12.5. The van der Waals surface area contributed by atoms with Crippen molar-refractivity contribution in [3.8, 4) is 11.3 Å². The van der Waals surface area contributed by atoms with Crippen molar-refractivity contribution >= 4 is 23.2 Å². The van der Waals surface area contributed by atoms with Crippen LogP contribution < -0.4 is 5.32 Å². The quantitative estimate of drug-likeness (QED) is 0.693. The number of rotatable bonds is 3. The molecule has 1 aromatic carbocycles. The molecule has 0 saturated heterocycles. The highest BCUT2D eigenvalue weighted by atomic mass is 35.5. The highest BCUT2D eigenvalue weighted by Gasteiger charge is 2.32. The second-order valence-corrected chi connectivity index (χ2v) is 5.70. The van der Waals surface area contributed by atoms with Crippen LogP contribution in [0.3, 0.4) is 0 Å². The fourth-order valence-corrected chi connectivity index (χ4v) is 2.45. The molecular formula is C18H11ClF3N3O. The number of nitrogens with one attached hydrogen (secondary N) is 1. The van der Waals surface area contributed by atoms with Crippen molar-refractivity contribution in [1.29, 1.82) is 0 Å². The van der Waals surface area contributed by atoms with E-state index in [1.807, 2.05) is 0 Å². The van der Waals surface area contributed by atoms with Crippen LogP contribution >= 0.6 is 11.6 Å². The second-order valence-electron chi connectivity index (χ2n) is 5.30. The van der Waals surface area contributed by atoms with Crippen LogP contribution in [-0.2, 0) is 6.18 Å². The first-order chi connectivity index (χ1) is 12.3. The van der Waals surface area contributed by atoms with Crippen molar-refractivity contribution in [2.24, 2.45) is 0 Å². The van der Waals surface area contributed by atoms with Gasteiger partial charge in [-0.05, 0) is 36.4 Å². The van der Waals surface area contributed by atoms with Gasteiger partial charge in [0.15, 0.2) is 0 Å². The monoisotopic (exact) mass is 377 g/mol. The summed E-state index contributed by atoms with van der Waals surface area (Å²) in [4.78, 5) is 19.7. The standard InChI is InChI=1S/C18H11ClF3N3O/c19-14-2-1-9-23-16(14)11-3-5-12(6-4-11)17(26)25-13-7-8-15(24-10-13)18(20,21)22/h1-10H,(H,25,26). The first kappa shape index (κ1) is 17.9. The molecule has 0 aliphatic carbocycles. The summed E-state index contributed by atoms with van der Waals surface area (Å²) in [5, 5.41) is 2.98. The van der Waals surface area contributed by atoms with E-state index in [4.69, 9.17) is 11.6 Å². The number of alkyl halides is 3. The number of aromatic nitrogens is 2. The predicted octanol–water partition coefficient (Wildman–Crippen LogP) is 5.07. The molecule has 0 radical (unpaired) electrons. The first-order valence-electron chi connectivity index (χ1n) is 7.40. The lowest BCUT2D eigenvalue weighted by Gasteiger charge is -2.08. The van der Waals surface area contributed by atoms with Crippen LogP contribution in [0.4, 0.5) is 18.9 Å². The van der Waals surface area contributed by atoms with E-state index in [2.05, 4.69) is 15.3 Å². The fraction of sp³-hybridized carbons (Fsp3) is 0.0556. The van der Waals surface area contributed by atoms with Crippen LogP contribution in [-0.4, -0.2) is 15.9 Å². The van der Waals surface area contributed by atoms with Gasteiger partial charge in [0, 0.05) is 17.3 Å². The Morgan fingerprint density at radius 3 is 2.31 bits per heavy atom. The molecule has 2 heterocycles. The number of hydrogen-bond donors (Lipinski definition) is 1. The molecule has 4 nitrogen and oxygen atoms in total. The summed E-state index contributed by atoms with van der Waals surface area (Å²) < 4.78 is 37.5. The van der Waals surface area contributed by atoms with Crippen LogP contribution in [0.2, 0.25) is 5.02 Å². The van der Waals surface area contributed by atoms with E-state index in [9.17, 15) is 18.0 Å². The molecule has 0 unspecified atom stereocenters. The Hall–Kier alpha value is -2.93. The molecule has 0 aliphatic rings. The number of pyridine rings is 2. The van der Waals surface area contributed by atoms with Crippen LogP contribution in [0.5, 0.6) is 0 Å². The maximum Gasteiger partial charge on any atom is 0.433 e. The van der Waals surface area contributed by atoms with Gasteiger partial charge in [0.05, 0.1) is 22.6 Å². The summed E-state index contributed by atoms with van der Waals surface area (Å²) in [5.74, 6) is -0.467. The first-order valence-corrected chi connectivity index (χ1v) is 7.78. The van der Waals surface area contributed by atoms with Gasteiger partial charge in [-0.15, -0.1) is 0 Å². The normalized spacial score (nSPS) is 11.2. The lowest BCUT2D eigenvalue weighted by Crippen LogP contribution is -2.13. The number of carbonyl (C=O) groups excluding carboxylic acids is 1. The van der Waals surface area contributed by atoms with Crippen molar-refractivity contribution in [3.63, 3.8) is 0 Å². The number of carbonyl (C=O) groups is 1. The van der Waals surface area contributed by atoms with Crippen LogP contribution in [0.15, 0.2) is 60.9 Å². The molecule has 3 rings (SSSR count). The highest BCUT2D eigenvalue weighted by Crippen LogP contribution is 2.28. The molecular weight excluding hydrogens is 367 g/mol. The van der Waals surface area contributed by atoms with Gasteiger partial charge in [-0.25, -0.2) is 4.98 Å². The zero-order valence-corrected chi connectivity index (χ0v) is 13.8. The number of anilines is 1. The van der Waals surface area contributed by atoms with Gasteiger partial charge in [0.2, 0.25) is 0 Å². The van der Waals surface area contributed by atoms with E-state index < -0.39 is 17.8 Å². The minimum atomic E-state index is -4.52. The summed E-state index contributed by atoms with van der Waals surface area (Å²) >= 11 is 6.08. The number of benzene rings is 1. The molecule has 0 aliphatic heterocycles. The van der Waals surface area contributed by atoms with Crippen molar-refractivity contribution < 1.29 is 18.0 Å². The summed E-state index contributed by atoms with van der Waals surface area (Å²) in [6, 6.07) is 11.9. The maximum absolute atomic E-state index is 12.5. The third-order valence-corrected chi connectivity index (χ3v) is 3.80. The van der Waals surface area contributed by atoms with Gasteiger partial charge in [0.1, 0.15) is 5.69 Å². The lowest BCUT2D eigenvalue weighted by molar-refractivity contribution is -0.141. The smallest absolute Gasteiger partial charge is 0.321 e. The SMILES string of the molecule is O=C(Nc1ccc(C(F)(F)F)nc1)c1ccc(-c2ncccc2Cl)cc1. The minimum absolute atomic E-state index is 0.167. The highest BCUT2D eigenvalue weighted by molar-refractivity contribution is 6.33. The average molecular weight is 378 g/mol. The van der Waals surface area contributed by atoms with E-state index in [0.717, 1.165) is 23.9 Å². The lowest BCUT2D eigenvalue weighted by atomic mass is 10.1. The fourth-order valence-electron chi connectivity index (χ4n) is 2.22. The molecule has 26 heavy (non-hydrogen) atoms. The molecule has 3 aromatic rings. The Balaban J connectivity index is 1.73. The summed E-state index contributed by atoms with van der Waals surface area (Å²) in [6.45, 7) is 0. The van der Waals surface area contributed by atoms with E-state index in [0.29, 0.717) is 16.3 Å². The predicted molar refractivity (Wildman–Crippen MR) is 91.9 cm³/mol. The van der Waals surface area contributed by atoms with Gasteiger partial charge < -0.3 is 5.32 Å². The number of halogens is 4. The second kappa shape index (κ2) is 7.13. The Morgan fingerprint density at radius 2 is 1.73 bits per heavy atom.